The van der Waals surface area contributed by atoms with Crippen LogP contribution in [0.25, 0.3) is 0 Å². The number of piperidine rings is 1. The Morgan fingerprint density at radius 2 is 1.90 bits per heavy atom. The number of ketones is 1. The molecule has 0 radical (unpaired) electrons. The number of amides is 1. The van der Waals surface area contributed by atoms with E-state index in [1.165, 1.54) is 0 Å². The molecule has 2 aliphatic heterocycles. The van der Waals surface area contributed by atoms with Gasteiger partial charge in [-0.2, -0.15) is 0 Å². The third kappa shape index (κ3) is 4.25. The van der Waals surface area contributed by atoms with E-state index in [0.717, 1.165) is 5.56 Å². The van der Waals surface area contributed by atoms with Crippen molar-refractivity contribution in [3.63, 3.8) is 0 Å². The molecule has 6 heteroatoms. The van der Waals surface area contributed by atoms with Crippen molar-refractivity contribution < 1.29 is 19.1 Å². The van der Waals surface area contributed by atoms with Crippen molar-refractivity contribution in [2.45, 2.75) is 37.7 Å². The van der Waals surface area contributed by atoms with Gasteiger partial charge in [0, 0.05) is 43.4 Å². The molecule has 1 spiro atoms. The second-order valence-electron chi connectivity index (χ2n) is 7.75. The fourth-order valence-corrected chi connectivity index (χ4v) is 4.23. The molecule has 0 aromatic heterocycles. The van der Waals surface area contributed by atoms with E-state index in [1.807, 2.05) is 29.2 Å². The standard InChI is InChI=1S/C23H24ClNO4/c1-28-18-7-8-19-20(26)15-23(29-21(19)14-18)10-12-25(13-11-23)22(27)9-4-16-2-5-17(24)6-3-16/h2-3,5-8,14H,4,9-13,15H2,1H3. The highest BCUT2D eigenvalue weighted by Gasteiger charge is 2.43. The van der Waals surface area contributed by atoms with Gasteiger partial charge < -0.3 is 14.4 Å². The quantitative estimate of drug-likeness (QED) is 0.749. The van der Waals surface area contributed by atoms with Gasteiger partial charge in [-0.25, -0.2) is 0 Å². The Morgan fingerprint density at radius 3 is 2.59 bits per heavy atom. The van der Waals surface area contributed by atoms with Crippen molar-refractivity contribution in [3.05, 3.63) is 58.6 Å². The van der Waals surface area contributed by atoms with E-state index in [0.29, 0.717) is 67.3 Å². The minimum Gasteiger partial charge on any atom is -0.497 e. The summed E-state index contributed by atoms with van der Waals surface area (Å²) in [5.74, 6) is 1.49. The summed E-state index contributed by atoms with van der Waals surface area (Å²) < 4.78 is 11.5. The molecule has 1 saturated heterocycles. The minimum atomic E-state index is -0.524. The van der Waals surface area contributed by atoms with E-state index < -0.39 is 5.60 Å². The highest BCUT2D eigenvalue weighted by atomic mass is 35.5. The van der Waals surface area contributed by atoms with Crippen LogP contribution in [0.15, 0.2) is 42.5 Å². The van der Waals surface area contributed by atoms with Crippen LogP contribution in [0.1, 0.15) is 41.6 Å². The molecular formula is C23H24ClNO4. The number of carbonyl (C=O) groups is 2. The van der Waals surface area contributed by atoms with Crippen molar-refractivity contribution in [2.24, 2.45) is 0 Å². The SMILES string of the molecule is COc1ccc2c(c1)OC1(CCN(C(=O)CCc3ccc(Cl)cc3)CC1)CC2=O. The molecule has 2 heterocycles. The highest BCUT2D eigenvalue weighted by Crippen LogP contribution is 2.40. The zero-order valence-corrected chi connectivity index (χ0v) is 17.2. The van der Waals surface area contributed by atoms with Gasteiger partial charge in [-0.15, -0.1) is 0 Å². The van der Waals surface area contributed by atoms with Crippen LogP contribution >= 0.6 is 11.6 Å². The molecule has 152 valence electrons. The number of halogens is 1. The molecule has 0 bridgehead atoms. The summed E-state index contributed by atoms with van der Waals surface area (Å²) in [7, 11) is 1.59. The van der Waals surface area contributed by atoms with Crippen LogP contribution < -0.4 is 9.47 Å². The molecule has 2 aromatic rings. The number of carbonyl (C=O) groups excluding carboxylic acids is 2. The normalized spacial score (nSPS) is 17.6. The number of fused-ring (bicyclic) bond motifs is 1. The van der Waals surface area contributed by atoms with E-state index in [9.17, 15) is 9.59 Å². The average molecular weight is 414 g/mol. The number of rotatable bonds is 4. The molecule has 0 unspecified atom stereocenters. The van der Waals surface area contributed by atoms with Crippen molar-refractivity contribution in [1.29, 1.82) is 0 Å². The van der Waals surface area contributed by atoms with Crippen molar-refractivity contribution in [1.82, 2.24) is 4.90 Å². The lowest BCUT2D eigenvalue weighted by molar-refractivity contribution is -0.134. The maximum absolute atomic E-state index is 12.6. The summed E-state index contributed by atoms with van der Waals surface area (Å²) in [6, 6.07) is 12.9. The smallest absolute Gasteiger partial charge is 0.222 e. The number of methoxy groups -OCH3 is 1. The number of benzene rings is 2. The number of hydrogen-bond donors (Lipinski definition) is 0. The van der Waals surface area contributed by atoms with Crippen LogP contribution in [0.5, 0.6) is 11.5 Å². The van der Waals surface area contributed by atoms with E-state index in [-0.39, 0.29) is 11.7 Å². The number of likely N-dealkylation sites (tertiary alicyclic amines) is 1. The highest BCUT2D eigenvalue weighted by molar-refractivity contribution is 6.30. The first-order chi connectivity index (χ1) is 14.0. The van der Waals surface area contributed by atoms with Gasteiger partial charge in [0.05, 0.1) is 19.1 Å². The van der Waals surface area contributed by atoms with E-state index in [1.54, 1.807) is 25.3 Å². The van der Waals surface area contributed by atoms with Gasteiger partial charge >= 0.3 is 0 Å². The first-order valence-corrected chi connectivity index (χ1v) is 10.3. The van der Waals surface area contributed by atoms with Gasteiger partial charge in [0.2, 0.25) is 5.91 Å². The summed E-state index contributed by atoms with van der Waals surface area (Å²) >= 11 is 5.91. The summed E-state index contributed by atoms with van der Waals surface area (Å²) in [5, 5.41) is 0.697. The van der Waals surface area contributed by atoms with Gasteiger partial charge in [0.15, 0.2) is 5.78 Å². The van der Waals surface area contributed by atoms with Gasteiger partial charge in [0.1, 0.15) is 17.1 Å². The van der Waals surface area contributed by atoms with Crippen molar-refractivity contribution >= 4 is 23.3 Å². The Kier molecular flexibility index (Phi) is 5.50. The van der Waals surface area contributed by atoms with Crippen LogP contribution in [-0.4, -0.2) is 42.4 Å². The Morgan fingerprint density at radius 1 is 1.17 bits per heavy atom. The van der Waals surface area contributed by atoms with Crippen LogP contribution in [0.2, 0.25) is 5.02 Å². The predicted molar refractivity (Wildman–Crippen MR) is 111 cm³/mol. The van der Waals surface area contributed by atoms with E-state index >= 15 is 0 Å². The molecule has 29 heavy (non-hydrogen) atoms. The Labute approximate surface area is 175 Å². The van der Waals surface area contributed by atoms with E-state index in [4.69, 9.17) is 21.1 Å². The third-order valence-corrected chi connectivity index (χ3v) is 6.12. The van der Waals surface area contributed by atoms with Crippen LogP contribution in [0.3, 0.4) is 0 Å². The molecule has 0 saturated carbocycles. The summed E-state index contributed by atoms with van der Waals surface area (Å²) in [6.45, 7) is 1.21. The van der Waals surface area contributed by atoms with Gasteiger partial charge in [-0.05, 0) is 36.2 Å². The molecule has 1 fully saturated rings. The summed E-state index contributed by atoms with van der Waals surface area (Å²) in [4.78, 5) is 27.2. The largest absolute Gasteiger partial charge is 0.497 e. The molecule has 5 nitrogen and oxygen atoms in total. The van der Waals surface area contributed by atoms with Crippen LogP contribution in [-0.2, 0) is 11.2 Å². The maximum atomic E-state index is 12.6. The third-order valence-electron chi connectivity index (χ3n) is 5.87. The number of Topliss-reactive ketones (excluding diaryl/α,β-unsaturated/α-hetero) is 1. The lowest BCUT2D eigenvalue weighted by Gasteiger charge is -2.44. The number of ether oxygens (including phenoxy) is 2. The molecule has 0 N–H and O–H groups in total. The van der Waals surface area contributed by atoms with Gasteiger partial charge in [-0.3, -0.25) is 9.59 Å². The zero-order valence-electron chi connectivity index (χ0n) is 16.4. The first kappa shape index (κ1) is 19.8. The van der Waals surface area contributed by atoms with Crippen LogP contribution in [0.4, 0.5) is 0 Å². The van der Waals surface area contributed by atoms with Crippen molar-refractivity contribution in [3.8, 4) is 11.5 Å². The molecule has 2 aromatic carbocycles. The fraction of sp³-hybridized carbons (Fsp3) is 0.391. The molecule has 0 aliphatic carbocycles. The first-order valence-electron chi connectivity index (χ1n) is 9.90. The molecule has 4 rings (SSSR count). The molecule has 1 amide bonds. The Bertz CT molecular complexity index is 917. The molecular weight excluding hydrogens is 390 g/mol. The lowest BCUT2D eigenvalue weighted by atomic mass is 9.82. The summed E-state index contributed by atoms with van der Waals surface area (Å²) in [5.41, 5.74) is 1.18. The Balaban J connectivity index is 1.36. The second kappa shape index (κ2) is 8.07. The topological polar surface area (TPSA) is 55.8 Å². The van der Waals surface area contributed by atoms with Crippen LogP contribution in [0, 0.1) is 0 Å². The zero-order chi connectivity index (χ0) is 20.4. The average Bonchev–Trinajstić information content (AvgIpc) is 2.73. The fourth-order valence-electron chi connectivity index (χ4n) is 4.10. The summed E-state index contributed by atoms with van der Waals surface area (Å²) in [6.07, 6.45) is 2.83. The Hall–Kier alpha value is -2.53. The number of nitrogens with zero attached hydrogens (tertiary/aromatic N) is 1. The molecule has 0 atom stereocenters. The minimum absolute atomic E-state index is 0.0939. The number of aryl methyl sites for hydroxylation is 1. The van der Waals surface area contributed by atoms with Gasteiger partial charge in [-0.1, -0.05) is 23.7 Å². The molecule has 2 aliphatic rings. The maximum Gasteiger partial charge on any atom is 0.222 e. The lowest BCUT2D eigenvalue weighted by Crippen LogP contribution is -2.52. The predicted octanol–water partition coefficient (Wildman–Crippen LogP) is 4.31. The van der Waals surface area contributed by atoms with Gasteiger partial charge in [0.25, 0.3) is 0 Å². The second-order valence-corrected chi connectivity index (χ2v) is 8.19. The van der Waals surface area contributed by atoms with Crippen molar-refractivity contribution in [2.75, 3.05) is 20.2 Å². The van der Waals surface area contributed by atoms with E-state index in [2.05, 4.69) is 0 Å². The monoisotopic (exact) mass is 413 g/mol. The number of hydrogen-bond acceptors (Lipinski definition) is 4.